The summed E-state index contributed by atoms with van der Waals surface area (Å²) < 4.78 is 13.2. The number of benzene rings is 4. The third-order valence-electron chi connectivity index (χ3n) is 9.79. The van der Waals surface area contributed by atoms with Crippen molar-refractivity contribution in [3.63, 3.8) is 0 Å². The minimum Gasteiger partial charge on any atom is -0.392 e. The lowest BCUT2D eigenvalue weighted by atomic mass is 9.98. The number of hydrogen-bond acceptors (Lipinski definition) is 7. The summed E-state index contributed by atoms with van der Waals surface area (Å²) >= 11 is 0. The van der Waals surface area contributed by atoms with Gasteiger partial charge < -0.3 is 30.3 Å². The van der Waals surface area contributed by atoms with Gasteiger partial charge in [-0.15, -0.1) is 0 Å². The van der Waals surface area contributed by atoms with E-state index in [9.17, 15) is 19.8 Å². The number of likely N-dealkylation sites (N-methyl/N-ethyl adjacent to an activating group) is 1. The minimum atomic E-state index is -0.635. The van der Waals surface area contributed by atoms with Crippen LogP contribution in [0.2, 0.25) is 0 Å². The van der Waals surface area contributed by atoms with Crippen LogP contribution in [0.5, 0.6) is 0 Å². The average Bonchev–Trinajstić information content (AvgIpc) is 3.18. The van der Waals surface area contributed by atoms with Crippen LogP contribution >= 0.6 is 0 Å². The molecule has 5 atom stereocenters. The Morgan fingerprint density at radius 1 is 0.827 bits per heavy atom. The van der Waals surface area contributed by atoms with E-state index in [1.807, 2.05) is 92.8 Å². The van der Waals surface area contributed by atoms with E-state index in [0.717, 1.165) is 58.2 Å². The number of ether oxygens (including phenoxy) is 2. The predicted molar refractivity (Wildman–Crippen MR) is 203 cm³/mol. The Hall–Kier alpha value is -4.38. The molecule has 5 rings (SSSR count). The first-order chi connectivity index (χ1) is 25.2. The topological polar surface area (TPSA) is 120 Å². The Morgan fingerprint density at radius 3 is 2.27 bits per heavy atom. The number of hydrogen-bond donors (Lipinski definition) is 4. The molecule has 4 aromatic carbocycles. The molecule has 1 heterocycles. The molecule has 0 spiro atoms. The molecule has 0 radical (unpaired) electrons. The van der Waals surface area contributed by atoms with E-state index < -0.39 is 12.4 Å². The first kappa shape index (κ1) is 38.8. The SMILES string of the molecule is CC(=O)NCCCCCC(=O)NCc1cccc(-c2ccc([C@@H]3O[C@H](CN(C)[C@H](C)[C@@H](O)c4ccccc4)C[C@H](c4ccc(CO)cc4)O3)cc2)c1. The largest absolute Gasteiger partial charge is 0.392 e. The Bertz CT molecular complexity index is 1700. The Kier molecular flexibility index (Phi) is 14.5. The molecule has 1 aliphatic rings. The number of amides is 2. The van der Waals surface area contributed by atoms with Crippen molar-refractivity contribution in [2.75, 3.05) is 20.1 Å². The van der Waals surface area contributed by atoms with E-state index in [1.165, 1.54) is 6.92 Å². The summed E-state index contributed by atoms with van der Waals surface area (Å²) in [6.45, 7) is 5.23. The highest BCUT2D eigenvalue weighted by Crippen LogP contribution is 2.39. The number of carbonyl (C=O) groups is 2. The first-order valence-electron chi connectivity index (χ1n) is 18.3. The minimum absolute atomic E-state index is 0.0144. The summed E-state index contributed by atoms with van der Waals surface area (Å²) in [7, 11) is 2.02. The van der Waals surface area contributed by atoms with Crippen molar-refractivity contribution in [2.24, 2.45) is 0 Å². The molecule has 2 amide bonds. The first-order valence-corrected chi connectivity index (χ1v) is 18.3. The second kappa shape index (κ2) is 19.5. The van der Waals surface area contributed by atoms with Crippen LogP contribution in [0.15, 0.2) is 103 Å². The van der Waals surface area contributed by atoms with Gasteiger partial charge in [0, 0.05) is 51.0 Å². The van der Waals surface area contributed by atoms with E-state index in [-0.39, 0.29) is 36.7 Å². The van der Waals surface area contributed by atoms with Gasteiger partial charge in [0.15, 0.2) is 6.29 Å². The Balaban J connectivity index is 1.22. The quantitative estimate of drug-likeness (QED) is 0.0896. The lowest BCUT2D eigenvalue weighted by Gasteiger charge is -2.39. The molecule has 9 nitrogen and oxygen atoms in total. The van der Waals surface area contributed by atoms with Crippen molar-refractivity contribution < 1.29 is 29.3 Å². The summed E-state index contributed by atoms with van der Waals surface area (Å²) in [5.41, 5.74) is 6.78. The molecule has 276 valence electrons. The summed E-state index contributed by atoms with van der Waals surface area (Å²) in [4.78, 5) is 25.5. The molecule has 52 heavy (non-hydrogen) atoms. The van der Waals surface area contributed by atoms with Crippen LogP contribution in [0.3, 0.4) is 0 Å². The molecule has 0 bridgehead atoms. The highest BCUT2D eigenvalue weighted by molar-refractivity contribution is 5.76. The molecule has 1 saturated heterocycles. The fraction of sp³-hybridized carbons (Fsp3) is 0.395. The van der Waals surface area contributed by atoms with Crippen molar-refractivity contribution >= 4 is 11.8 Å². The molecule has 4 N–H and O–H groups in total. The number of nitrogens with one attached hydrogen (secondary N) is 2. The number of nitrogens with zero attached hydrogens (tertiary/aromatic N) is 1. The van der Waals surface area contributed by atoms with Crippen molar-refractivity contribution in [1.82, 2.24) is 15.5 Å². The summed E-state index contributed by atoms with van der Waals surface area (Å²) in [6.07, 6.45) is 2.06. The van der Waals surface area contributed by atoms with E-state index in [2.05, 4.69) is 39.8 Å². The molecule has 0 saturated carbocycles. The number of unbranched alkanes of at least 4 members (excludes halogenated alkanes) is 2. The number of aliphatic hydroxyl groups excluding tert-OH is 2. The van der Waals surface area contributed by atoms with Gasteiger partial charge in [0.2, 0.25) is 11.8 Å². The zero-order valence-corrected chi connectivity index (χ0v) is 30.5. The van der Waals surface area contributed by atoms with Crippen molar-refractivity contribution in [1.29, 1.82) is 0 Å². The van der Waals surface area contributed by atoms with Gasteiger partial charge in [-0.05, 0) is 66.3 Å². The predicted octanol–water partition coefficient (Wildman–Crippen LogP) is 6.76. The van der Waals surface area contributed by atoms with Gasteiger partial charge >= 0.3 is 0 Å². The van der Waals surface area contributed by atoms with Gasteiger partial charge in [0.1, 0.15) is 0 Å². The average molecular weight is 708 g/mol. The van der Waals surface area contributed by atoms with Gasteiger partial charge in [-0.2, -0.15) is 0 Å². The number of aliphatic hydroxyl groups is 2. The van der Waals surface area contributed by atoms with Gasteiger partial charge in [-0.25, -0.2) is 0 Å². The molecule has 1 fully saturated rings. The summed E-state index contributed by atoms with van der Waals surface area (Å²) in [6, 6.07) is 33.9. The maximum absolute atomic E-state index is 12.4. The fourth-order valence-electron chi connectivity index (χ4n) is 6.52. The third-order valence-corrected chi connectivity index (χ3v) is 9.79. The van der Waals surface area contributed by atoms with Crippen LogP contribution < -0.4 is 10.6 Å². The summed E-state index contributed by atoms with van der Waals surface area (Å²) in [5, 5.41) is 26.5. The van der Waals surface area contributed by atoms with Crippen molar-refractivity contribution in [3.8, 4) is 11.1 Å². The third kappa shape index (κ3) is 11.3. The van der Waals surface area contributed by atoms with Crippen LogP contribution in [0.4, 0.5) is 0 Å². The molecular formula is C43H53N3O6. The fourth-order valence-corrected chi connectivity index (χ4v) is 6.52. The number of rotatable bonds is 17. The molecule has 0 aliphatic carbocycles. The van der Waals surface area contributed by atoms with Crippen LogP contribution in [0.1, 0.15) is 92.3 Å². The summed E-state index contributed by atoms with van der Waals surface area (Å²) in [5.74, 6) is -0.00464. The van der Waals surface area contributed by atoms with Crippen LogP contribution in [0, 0.1) is 0 Å². The van der Waals surface area contributed by atoms with Crippen LogP contribution in [-0.2, 0) is 32.2 Å². The second-order valence-corrected chi connectivity index (χ2v) is 13.8. The highest BCUT2D eigenvalue weighted by Gasteiger charge is 2.34. The smallest absolute Gasteiger partial charge is 0.220 e. The lowest BCUT2D eigenvalue weighted by Crippen LogP contribution is -2.43. The Labute approximate surface area is 308 Å². The van der Waals surface area contributed by atoms with E-state index in [0.29, 0.717) is 32.5 Å². The zero-order valence-electron chi connectivity index (χ0n) is 30.5. The van der Waals surface area contributed by atoms with Crippen LogP contribution in [0.25, 0.3) is 11.1 Å². The monoisotopic (exact) mass is 707 g/mol. The van der Waals surface area contributed by atoms with Crippen molar-refractivity contribution in [2.45, 2.75) is 89.7 Å². The highest BCUT2D eigenvalue weighted by atomic mass is 16.7. The lowest BCUT2D eigenvalue weighted by molar-refractivity contribution is -0.253. The molecule has 0 aromatic heterocycles. The molecular weight excluding hydrogens is 654 g/mol. The molecule has 0 unspecified atom stereocenters. The normalized spacial score (nSPS) is 18.5. The van der Waals surface area contributed by atoms with Gasteiger partial charge in [0.25, 0.3) is 0 Å². The maximum atomic E-state index is 12.4. The van der Waals surface area contributed by atoms with E-state index in [4.69, 9.17) is 9.47 Å². The molecule has 1 aliphatic heterocycles. The van der Waals surface area contributed by atoms with Gasteiger partial charge in [-0.3, -0.25) is 14.5 Å². The van der Waals surface area contributed by atoms with Crippen LogP contribution in [-0.4, -0.2) is 59.2 Å². The Morgan fingerprint density at radius 2 is 1.56 bits per heavy atom. The number of carbonyl (C=O) groups excluding carboxylic acids is 2. The van der Waals surface area contributed by atoms with Gasteiger partial charge in [-0.1, -0.05) is 103 Å². The maximum Gasteiger partial charge on any atom is 0.220 e. The molecule has 9 heteroatoms. The van der Waals surface area contributed by atoms with E-state index >= 15 is 0 Å². The van der Waals surface area contributed by atoms with Gasteiger partial charge in [0.05, 0.1) is 24.9 Å². The molecule has 4 aromatic rings. The van der Waals surface area contributed by atoms with E-state index in [1.54, 1.807) is 0 Å². The zero-order chi connectivity index (χ0) is 36.9. The standard InChI is InChI=1S/C43H53N3O6/c1-30(42(50)36-12-6-4-7-13-36)46(3)28-39-26-40(35-18-16-32(29-47)17-19-35)52-43(51-39)37-22-20-34(21-23-37)38-14-10-11-33(25-38)27-45-41(49)15-8-5-9-24-44-31(2)48/h4,6-7,10-14,16-23,25,30,39-40,42-43,47,50H,5,8-9,15,24,26-29H2,1-3H3,(H,44,48)(H,45,49)/t30-,39+,40-,42-,43-/m1/s1. The van der Waals surface area contributed by atoms with Crippen molar-refractivity contribution in [3.05, 3.63) is 131 Å². The second-order valence-electron chi connectivity index (χ2n) is 13.8.